The molecule has 30 heavy (non-hydrogen) atoms. The van der Waals surface area contributed by atoms with Gasteiger partial charge in [0.2, 0.25) is 10.0 Å². The molecule has 0 atom stereocenters. The molecule has 0 aliphatic carbocycles. The zero-order valence-corrected chi connectivity index (χ0v) is 18.1. The molecule has 0 heterocycles. The number of sulfonamides is 1. The average molecular weight is 423 g/mol. The van der Waals surface area contributed by atoms with Gasteiger partial charge in [0.25, 0.3) is 0 Å². The van der Waals surface area contributed by atoms with Crippen molar-refractivity contribution < 1.29 is 13.5 Å². The summed E-state index contributed by atoms with van der Waals surface area (Å²) in [5.74, 6) is 0.254. The summed E-state index contributed by atoms with van der Waals surface area (Å²) in [6, 6.07) is 23.7. The molecule has 0 saturated carbocycles. The number of rotatable bonds is 4. The molecule has 5 nitrogen and oxygen atoms in total. The highest BCUT2D eigenvalue weighted by molar-refractivity contribution is 7.89. The molecular formula is C24H26N2O3S. The molecule has 6 heteroatoms. The maximum absolute atomic E-state index is 10.7. The third kappa shape index (κ3) is 6.99. The van der Waals surface area contributed by atoms with Gasteiger partial charge in [-0.15, -0.1) is 0 Å². The van der Waals surface area contributed by atoms with Crippen LogP contribution in [0, 0.1) is 6.92 Å². The molecule has 0 aliphatic rings. The summed E-state index contributed by atoms with van der Waals surface area (Å²) >= 11 is 0. The minimum absolute atomic E-state index is 0.156. The summed E-state index contributed by atoms with van der Waals surface area (Å²) in [6.07, 6.45) is 2.03. The van der Waals surface area contributed by atoms with Crippen molar-refractivity contribution in [2.45, 2.75) is 18.7 Å². The first-order valence-corrected chi connectivity index (χ1v) is 10.8. The molecule has 0 unspecified atom stereocenters. The predicted molar refractivity (Wildman–Crippen MR) is 123 cm³/mol. The normalized spacial score (nSPS) is 12.1. The monoisotopic (exact) mass is 422 g/mol. The quantitative estimate of drug-likeness (QED) is 0.604. The number of phenols is 1. The van der Waals surface area contributed by atoms with Gasteiger partial charge >= 0.3 is 0 Å². The van der Waals surface area contributed by atoms with Crippen molar-refractivity contribution in [2.75, 3.05) is 7.05 Å². The van der Waals surface area contributed by atoms with Crippen molar-refractivity contribution in [3.63, 3.8) is 0 Å². The second-order valence-electron chi connectivity index (χ2n) is 6.71. The van der Waals surface area contributed by atoms with Crippen LogP contribution in [0.4, 0.5) is 0 Å². The van der Waals surface area contributed by atoms with Crippen molar-refractivity contribution in [2.24, 2.45) is 10.1 Å². The van der Waals surface area contributed by atoms with E-state index in [2.05, 4.69) is 24.0 Å². The van der Waals surface area contributed by atoms with Gasteiger partial charge in [0.05, 0.1) is 10.6 Å². The van der Waals surface area contributed by atoms with Crippen LogP contribution in [0.5, 0.6) is 5.75 Å². The molecule has 0 aromatic heterocycles. The second-order valence-corrected chi connectivity index (χ2v) is 8.27. The third-order valence-electron chi connectivity index (χ3n) is 4.31. The Morgan fingerprint density at radius 2 is 1.53 bits per heavy atom. The molecule has 0 spiro atoms. The van der Waals surface area contributed by atoms with E-state index >= 15 is 0 Å². The second kappa shape index (κ2) is 10.5. The average Bonchev–Trinajstić information content (AvgIpc) is 2.72. The number of phenolic OH excluding ortho intramolecular Hbond substituents is 1. The van der Waals surface area contributed by atoms with Crippen LogP contribution in [0.25, 0.3) is 5.57 Å². The van der Waals surface area contributed by atoms with Gasteiger partial charge in [0, 0.05) is 12.6 Å². The Balaban J connectivity index is 0.000000248. The molecule has 3 aromatic rings. The van der Waals surface area contributed by atoms with Gasteiger partial charge in [-0.1, -0.05) is 60.2 Å². The number of aryl methyl sites for hydroxylation is 1. The number of nitrogens with zero attached hydrogens (tertiary/aromatic N) is 1. The van der Waals surface area contributed by atoms with Gasteiger partial charge in [0.15, 0.2) is 0 Å². The summed E-state index contributed by atoms with van der Waals surface area (Å²) in [4.78, 5) is 4.45. The third-order valence-corrected chi connectivity index (χ3v) is 5.24. The minimum Gasteiger partial charge on any atom is -0.508 e. The van der Waals surface area contributed by atoms with E-state index in [9.17, 15) is 13.5 Å². The number of primary sulfonamides is 1. The van der Waals surface area contributed by atoms with E-state index in [1.165, 1.54) is 17.7 Å². The van der Waals surface area contributed by atoms with Crippen LogP contribution >= 0.6 is 0 Å². The van der Waals surface area contributed by atoms with Gasteiger partial charge in [-0.25, -0.2) is 13.6 Å². The number of aliphatic imine (C=N–C) groups is 1. The van der Waals surface area contributed by atoms with Crippen LogP contribution in [0.3, 0.4) is 0 Å². The van der Waals surface area contributed by atoms with Gasteiger partial charge in [-0.2, -0.15) is 0 Å². The van der Waals surface area contributed by atoms with Gasteiger partial charge in [-0.3, -0.25) is 4.99 Å². The van der Waals surface area contributed by atoms with E-state index < -0.39 is 10.0 Å². The van der Waals surface area contributed by atoms with E-state index in [-0.39, 0.29) is 10.6 Å². The molecule has 0 saturated heterocycles. The Morgan fingerprint density at radius 1 is 0.933 bits per heavy atom. The summed E-state index contributed by atoms with van der Waals surface area (Å²) in [7, 11) is -1.76. The molecular weight excluding hydrogens is 396 g/mol. The fourth-order valence-corrected chi connectivity index (χ4v) is 3.18. The number of nitrogens with two attached hydrogens (primary N) is 1. The lowest BCUT2D eigenvalue weighted by Crippen LogP contribution is -2.11. The van der Waals surface area contributed by atoms with Gasteiger partial charge in [-0.05, 0) is 55.3 Å². The van der Waals surface area contributed by atoms with E-state index in [0.717, 1.165) is 22.4 Å². The van der Waals surface area contributed by atoms with Crippen LogP contribution in [-0.2, 0) is 10.0 Å². The Bertz CT molecular complexity index is 1130. The van der Waals surface area contributed by atoms with Crippen LogP contribution in [0.1, 0.15) is 23.6 Å². The smallest absolute Gasteiger partial charge is 0.238 e. The molecule has 3 N–H and O–H groups in total. The first-order chi connectivity index (χ1) is 14.2. The Morgan fingerprint density at radius 3 is 2.07 bits per heavy atom. The van der Waals surface area contributed by atoms with E-state index in [1.807, 2.05) is 43.3 Å². The molecule has 0 bridgehead atoms. The summed E-state index contributed by atoms with van der Waals surface area (Å²) in [6.45, 7) is 3.94. The Kier molecular flexibility index (Phi) is 8.09. The molecule has 3 rings (SSSR count). The molecule has 3 aromatic carbocycles. The standard InChI is InChI=1S/C17H17NO.C7H9NO2S/c1-13(14-7-4-3-5-8-14)11-17(18-2)15-9-6-10-16(19)12-15;1-6-2-4-7(5-3-6)11(8,9)10/h3-12,19H,1-2H3;2-5H,1H3,(H2,8,9,10)/b13-11+,18-17?;. The Hall–Kier alpha value is -3.22. The van der Waals surface area contributed by atoms with E-state index in [1.54, 1.807) is 31.3 Å². The first-order valence-electron chi connectivity index (χ1n) is 9.30. The summed E-state index contributed by atoms with van der Waals surface area (Å²) in [5, 5.41) is 14.4. The maximum atomic E-state index is 10.7. The largest absolute Gasteiger partial charge is 0.508 e. The topological polar surface area (TPSA) is 92.8 Å². The first kappa shape index (κ1) is 23.1. The van der Waals surface area contributed by atoms with Crippen molar-refractivity contribution in [1.82, 2.24) is 0 Å². The van der Waals surface area contributed by atoms with Gasteiger partial charge < -0.3 is 5.11 Å². The molecule has 0 fully saturated rings. The molecule has 0 amide bonds. The summed E-state index contributed by atoms with van der Waals surface area (Å²) in [5.41, 5.74) is 5.10. The lowest BCUT2D eigenvalue weighted by molar-refractivity contribution is 0.475. The SMILES string of the molecule is CN=C(/C=C(\C)c1ccccc1)c1cccc(O)c1.Cc1ccc(S(N)(=O)=O)cc1. The van der Waals surface area contributed by atoms with Crippen LogP contribution in [0.2, 0.25) is 0 Å². The van der Waals surface area contributed by atoms with Crippen molar-refractivity contribution in [3.8, 4) is 5.75 Å². The molecule has 156 valence electrons. The summed E-state index contributed by atoms with van der Waals surface area (Å²) < 4.78 is 21.4. The highest BCUT2D eigenvalue weighted by Gasteiger charge is 2.05. The van der Waals surface area contributed by atoms with E-state index in [0.29, 0.717) is 0 Å². The number of hydrogen-bond donors (Lipinski definition) is 2. The van der Waals surface area contributed by atoms with Crippen LogP contribution in [-0.4, -0.2) is 26.3 Å². The molecule has 0 radical (unpaired) electrons. The maximum Gasteiger partial charge on any atom is 0.238 e. The van der Waals surface area contributed by atoms with Crippen molar-refractivity contribution in [1.29, 1.82) is 0 Å². The van der Waals surface area contributed by atoms with Crippen LogP contribution in [0.15, 0.2) is 94.8 Å². The lowest BCUT2D eigenvalue weighted by Gasteiger charge is -2.05. The number of allylic oxidation sites excluding steroid dienone is 2. The lowest BCUT2D eigenvalue weighted by atomic mass is 10.0. The number of aromatic hydroxyl groups is 1. The Labute approximate surface area is 178 Å². The van der Waals surface area contributed by atoms with E-state index in [4.69, 9.17) is 5.14 Å². The van der Waals surface area contributed by atoms with Crippen molar-refractivity contribution in [3.05, 3.63) is 102 Å². The highest BCUT2D eigenvalue weighted by atomic mass is 32.2. The highest BCUT2D eigenvalue weighted by Crippen LogP contribution is 2.17. The fourth-order valence-electron chi connectivity index (χ4n) is 2.66. The zero-order valence-electron chi connectivity index (χ0n) is 17.3. The number of hydrogen-bond acceptors (Lipinski definition) is 4. The fraction of sp³-hybridized carbons (Fsp3) is 0.125. The molecule has 0 aliphatic heterocycles. The van der Waals surface area contributed by atoms with Gasteiger partial charge in [0.1, 0.15) is 5.75 Å². The van der Waals surface area contributed by atoms with Crippen LogP contribution < -0.4 is 5.14 Å². The minimum atomic E-state index is -3.52. The predicted octanol–water partition coefficient (Wildman–Crippen LogP) is 4.56. The zero-order chi connectivity index (χ0) is 22.1. The van der Waals surface area contributed by atoms with Crippen molar-refractivity contribution >= 4 is 21.3 Å². The number of benzene rings is 3.